The molecule has 2 nitrogen and oxygen atoms in total. The average molecular weight is 259 g/mol. The smallest absolute Gasteiger partial charge is 0.121 e. The first-order valence-corrected chi connectivity index (χ1v) is 6.79. The van der Waals surface area contributed by atoms with Crippen LogP contribution in [-0.4, -0.2) is 7.11 Å². The maximum atomic E-state index is 5.83. The average Bonchev–Trinajstić information content (AvgIpc) is 2.37. The first-order valence-electron chi connectivity index (χ1n) is 5.80. The molecule has 2 rings (SSSR count). The summed E-state index contributed by atoms with van der Waals surface area (Å²) < 4.78 is 5.21. The number of benzene rings is 2. The van der Waals surface area contributed by atoms with Gasteiger partial charge in [-0.1, -0.05) is 17.7 Å². The molecule has 2 aromatic rings. The summed E-state index contributed by atoms with van der Waals surface area (Å²) in [7, 11) is 1.66. The molecule has 0 saturated heterocycles. The summed E-state index contributed by atoms with van der Waals surface area (Å²) in [5, 5.41) is 0. The van der Waals surface area contributed by atoms with Crippen molar-refractivity contribution < 1.29 is 4.74 Å². The van der Waals surface area contributed by atoms with E-state index in [1.54, 1.807) is 18.9 Å². The van der Waals surface area contributed by atoms with E-state index in [-0.39, 0.29) is 0 Å². The van der Waals surface area contributed by atoms with Gasteiger partial charge in [-0.25, -0.2) is 0 Å². The third-order valence-electron chi connectivity index (χ3n) is 2.65. The molecule has 0 fully saturated rings. The summed E-state index contributed by atoms with van der Waals surface area (Å²) in [6, 6.07) is 14.4. The van der Waals surface area contributed by atoms with E-state index < -0.39 is 0 Å². The molecule has 2 N–H and O–H groups in total. The molecular formula is C15H17NOS. The Kier molecular flexibility index (Phi) is 4.15. The van der Waals surface area contributed by atoms with Crippen molar-refractivity contribution >= 4 is 17.4 Å². The van der Waals surface area contributed by atoms with Crippen molar-refractivity contribution in [1.29, 1.82) is 0 Å². The van der Waals surface area contributed by atoms with Crippen molar-refractivity contribution in [2.45, 2.75) is 17.6 Å². The van der Waals surface area contributed by atoms with Crippen LogP contribution in [0, 0.1) is 6.92 Å². The van der Waals surface area contributed by atoms with Gasteiger partial charge in [0, 0.05) is 22.4 Å². The highest BCUT2D eigenvalue weighted by molar-refractivity contribution is 7.98. The van der Waals surface area contributed by atoms with E-state index in [9.17, 15) is 0 Å². The monoisotopic (exact) mass is 259 g/mol. The Morgan fingerprint density at radius 3 is 2.50 bits per heavy atom. The lowest BCUT2D eigenvalue weighted by atomic mass is 10.2. The first-order chi connectivity index (χ1) is 8.67. The Hall–Kier alpha value is -1.61. The maximum absolute atomic E-state index is 5.83. The Labute approximate surface area is 112 Å². The van der Waals surface area contributed by atoms with Crippen LogP contribution in [0.4, 0.5) is 5.69 Å². The predicted octanol–water partition coefficient (Wildman–Crippen LogP) is 3.88. The van der Waals surface area contributed by atoms with Crippen LogP contribution in [0.1, 0.15) is 11.1 Å². The van der Waals surface area contributed by atoms with E-state index in [0.29, 0.717) is 0 Å². The summed E-state index contributed by atoms with van der Waals surface area (Å²) >= 11 is 1.80. The van der Waals surface area contributed by atoms with Crippen molar-refractivity contribution in [3.63, 3.8) is 0 Å². The summed E-state index contributed by atoms with van der Waals surface area (Å²) in [6.07, 6.45) is 0. The van der Waals surface area contributed by atoms with Gasteiger partial charge in [0.05, 0.1) is 7.11 Å². The molecule has 0 aliphatic heterocycles. The number of nitrogen functional groups attached to an aromatic ring is 1. The zero-order valence-electron chi connectivity index (χ0n) is 10.6. The highest BCUT2D eigenvalue weighted by Crippen LogP contribution is 2.26. The van der Waals surface area contributed by atoms with Crippen LogP contribution in [-0.2, 0) is 5.75 Å². The van der Waals surface area contributed by atoms with Crippen LogP contribution in [0.15, 0.2) is 47.4 Å². The zero-order valence-corrected chi connectivity index (χ0v) is 11.5. The number of ether oxygens (including phenoxy) is 1. The highest BCUT2D eigenvalue weighted by atomic mass is 32.2. The van der Waals surface area contributed by atoms with Gasteiger partial charge in [0.1, 0.15) is 5.75 Å². The van der Waals surface area contributed by atoms with Crippen molar-refractivity contribution in [2.75, 3.05) is 12.8 Å². The molecule has 0 heterocycles. The standard InChI is InChI=1S/C15H17NOS/c1-11-3-5-15(6-4-11)18-10-12-7-13(16)9-14(8-12)17-2/h3-9H,10,16H2,1-2H3. The second kappa shape index (κ2) is 5.83. The minimum Gasteiger partial charge on any atom is -0.497 e. The number of nitrogens with two attached hydrogens (primary N) is 1. The van der Waals surface area contributed by atoms with Gasteiger partial charge in [0.2, 0.25) is 0 Å². The van der Waals surface area contributed by atoms with Gasteiger partial charge in [-0.15, -0.1) is 11.8 Å². The number of aryl methyl sites for hydroxylation is 1. The molecule has 0 aromatic heterocycles. The number of thioether (sulfide) groups is 1. The molecule has 0 atom stereocenters. The molecule has 0 amide bonds. The molecule has 94 valence electrons. The predicted molar refractivity (Wildman–Crippen MR) is 78.1 cm³/mol. The van der Waals surface area contributed by atoms with Crippen molar-refractivity contribution in [3.05, 3.63) is 53.6 Å². The number of rotatable bonds is 4. The summed E-state index contributed by atoms with van der Waals surface area (Å²) in [5.74, 6) is 1.71. The topological polar surface area (TPSA) is 35.2 Å². The lowest BCUT2D eigenvalue weighted by Crippen LogP contribution is -1.91. The summed E-state index contributed by atoms with van der Waals surface area (Å²) in [6.45, 7) is 2.09. The van der Waals surface area contributed by atoms with E-state index >= 15 is 0 Å². The molecule has 0 bridgehead atoms. The van der Waals surface area contributed by atoms with Gasteiger partial charge >= 0.3 is 0 Å². The van der Waals surface area contributed by atoms with Crippen LogP contribution in [0.2, 0.25) is 0 Å². The first kappa shape index (κ1) is 12.8. The molecule has 18 heavy (non-hydrogen) atoms. The molecule has 0 unspecified atom stereocenters. The van der Waals surface area contributed by atoms with Gasteiger partial charge in [-0.3, -0.25) is 0 Å². The van der Waals surface area contributed by atoms with Gasteiger partial charge in [0.15, 0.2) is 0 Å². The van der Waals surface area contributed by atoms with Gasteiger partial charge in [0.25, 0.3) is 0 Å². The second-order valence-corrected chi connectivity index (χ2v) is 5.26. The highest BCUT2D eigenvalue weighted by Gasteiger charge is 2.01. The van der Waals surface area contributed by atoms with Crippen molar-refractivity contribution in [2.24, 2.45) is 0 Å². The Morgan fingerprint density at radius 1 is 1.11 bits per heavy atom. The minimum absolute atomic E-state index is 0.744. The molecule has 0 spiro atoms. The molecular weight excluding hydrogens is 242 g/mol. The normalized spacial score (nSPS) is 10.3. The lowest BCUT2D eigenvalue weighted by molar-refractivity contribution is 0.414. The quantitative estimate of drug-likeness (QED) is 0.668. The maximum Gasteiger partial charge on any atom is 0.121 e. The van der Waals surface area contributed by atoms with Crippen LogP contribution in [0.5, 0.6) is 5.75 Å². The Balaban J connectivity index is 2.05. The van der Waals surface area contributed by atoms with Crippen LogP contribution in [0.25, 0.3) is 0 Å². The van der Waals surface area contributed by atoms with Crippen molar-refractivity contribution in [3.8, 4) is 5.75 Å². The van der Waals surface area contributed by atoms with E-state index in [0.717, 1.165) is 17.2 Å². The largest absolute Gasteiger partial charge is 0.497 e. The second-order valence-electron chi connectivity index (χ2n) is 4.22. The molecule has 0 aliphatic carbocycles. The Morgan fingerprint density at radius 2 is 1.83 bits per heavy atom. The lowest BCUT2D eigenvalue weighted by Gasteiger charge is -2.07. The molecule has 2 aromatic carbocycles. The van der Waals surface area contributed by atoms with E-state index in [2.05, 4.69) is 31.2 Å². The van der Waals surface area contributed by atoms with Crippen LogP contribution >= 0.6 is 11.8 Å². The van der Waals surface area contributed by atoms with Gasteiger partial charge in [-0.05, 0) is 36.8 Å². The molecule has 0 saturated carbocycles. The van der Waals surface area contributed by atoms with Gasteiger partial charge < -0.3 is 10.5 Å². The van der Waals surface area contributed by atoms with Crippen LogP contribution < -0.4 is 10.5 Å². The third kappa shape index (κ3) is 3.44. The van der Waals surface area contributed by atoms with E-state index in [4.69, 9.17) is 10.5 Å². The summed E-state index contributed by atoms with van der Waals surface area (Å²) in [4.78, 5) is 1.27. The number of methoxy groups -OCH3 is 1. The van der Waals surface area contributed by atoms with Gasteiger partial charge in [-0.2, -0.15) is 0 Å². The number of hydrogen-bond acceptors (Lipinski definition) is 3. The molecule has 0 radical (unpaired) electrons. The van der Waals surface area contributed by atoms with Crippen LogP contribution in [0.3, 0.4) is 0 Å². The summed E-state index contributed by atoms with van der Waals surface area (Å²) in [5.41, 5.74) is 9.04. The third-order valence-corrected chi connectivity index (χ3v) is 3.73. The number of anilines is 1. The fraction of sp³-hybridized carbons (Fsp3) is 0.200. The zero-order chi connectivity index (χ0) is 13.0. The number of hydrogen-bond donors (Lipinski definition) is 1. The van der Waals surface area contributed by atoms with E-state index in [1.165, 1.54) is 16.0 Å². The fourth-order valence-electron chi connectivity index (χ4n) is 1.69. The minimum atomic E-state index is 0.744. The fourth-order valence-corrected chi connectivity index (χ4v) is 2.52. The van der Waals surface area contributed by atoms with E-state index in [1.807, 2.05) is 18.2 Å². The SMILES string of the molecule is COc1cc(N)cc(CSc2ccc(C)cc2)c1. The Bertz CT molecular complexity index is 523. The molecule has 0 aliphatic rings. The van der Waals surface area contributed by atoms with Crippen molar-refractivity contribution in [1.82, 2.24) is 0 Å². The molecule has 3 heteroatoms.